The highest BCUT2D eigenvalue weighted by molar-refractivity contribution is 6.96. The van der Waals surface area contributed by atoms with Gasteiger partial charge in [0.2, 0.25) is 0 Å². The van der Waals surface area contributed by atoms with E-state index in [2.05, 4.69) is 19.1 Å². The van der Waals surface area contributed by atoms with Crippen molar-refractivity contribution < 1.29 is 4.80 Å². The predicted octanol–water partition coefficient (Wildman–Crippen LogP) is 2.70. The van der Waals surface area contributed by atoms with Crippen LogP contribution in [0.2, 0.25) is 6.04 Å². The van der Waals surface area contributed by atoms with E-state index in [4.69, 9.17) is 0 Å². The summed E-state index contributed by atoms with van der Waals surface area (Å²) in [5.41, 5.74) is 0. The standard InChI is InChI=1S/C17H20OSi/c1-2-3-10-15-19(18,16-11-6-4-7-12-16)17-13-8-5-9-14-17/h3-14,18H,2,15H2,1H3/b10-3+. The average molecular weight is 268 g/mol. The van der Waals surface area contributed by atoms with E-state index < -0.39 is 8.32 Å². The van der Waals surface area contributed by atoms with Crippen molar-refractivity contribution in [2.45, 2.75) is 19.4 Å². The van der Waals surface area contributed by atoms with Gasteiger partial charge in [0.1, 0.15) is 0 Å². The molecular formula is C17H20OSi. The summed E-state index contributed by atoms with van der Waals surface area (Å²) in [5.74, 6) is 0. The van der Waals surface area contributed by atoms with Crippen LogP contribution in [0.1, 0.15) is 13.3 Å². The molecule has 0 aliphatic rings. The van der Waals surface area contributed by atoms with Crippen LogP contribution in [0.5, 0.6) is 0 Å². The summed E-state index contributed by atoms with van der Waals surface area (Å²) in [6, 6.07) is 20.9. The van der Waals surface area contributed by atoms with Gasteiger partial charge in [-0.05, 0) is 22.8 Å². The molecule has 2 aromatic rings. The highest BCUT2D eigenvalue weighted by Gasteiger charge is 2.34. The molecule has 98 valence electrons. The van der Waals surface area contributed by atoms with Gasteiger partial charge in [0.25, 0.3) is 8.32 Å². The van der Waals surface area contributed by atoms with Gasteiger partial charge >= 0.3 is 0 Å². The molecule has 0 unspecified atom stereocenters. The molecule has 0 aliphatic heterocycles. The molecule has 0 atom stereocenters. The van der Waals surface area contributed by atoms with Crippen LogP contribution in [0.3, 0.4) is 0 Å². The zero-order valence-corrected chi connectivity index (χ0v) is 12.3. The van der Waals surface area contributed by atoms with E-state index >= 15 is 0 Å². The number of rotatable bonds is 5. The van der Waals surface area contributed by atoms with Crippen molar-refractivity contribution in [3.05, 3.63) is 72.8 Å². The van der Waals surface area contributed by atoms with E-state index in [0.717, 1.165) is 22.8 Å². The molecule has 0 bridgehead atoms. The lowest BCUT2D eigenvalue weighted by Crippen LogP contribution is -2.58. The maximum Gasteiger partial charge on any atom is 0.256 e. The molecule has 2 aromatic carbocycles. The maximum absolute atomic E-state index is 11.3. The van der Waals surface area contributed by atoms with Crippen LogP contribution in [0.4, 0.5) is 0 Å². The first-order valence-corrected chi connectivity index (χ1v) is 8.91. The summed E-state index contributed by atoms with van der Waals surface area (Å²) < 4.78 is 0. The molecule has 0 radical (unpaired) electrons. The Morgan fingerprint density at radius 1 is 0.842 bits per heavy atom. The lowest BCUT2D eigenvalue weighted by Gasteiger charge is -2.25. The molecule has 1 N–H and O–H groups in total. The normalized spacial score (nSPS) is 11.9. The van der Waals surface area contributed by atoms with Crippen molar-refractivity contribution in [3.63, 3.8) is 0 Å². The van der Waals surface area contributed by atoms with Crippen molar-refractivity contribution in [1.29, 1.82) is 0 Å². The fraction of sp³-hybridized carbons (Fsp3) is 0.176. The third-order valence-corrected chi connectivity index (χ3v) is 6.72. The SMILES string of the molecule is CC/C=C/C[Si](O)(c1ccccc1)c1ccccc1. The summed E-state index contributed by atoms with van der Waals surface area (Å²) in [6.07, 6.45) is 5.25. The van der Waals surface area contributed by atoms with Crippen molar-refractivity contribution in [3.8, 4) is 0 Å². The third kappa shape index (κ3) is 3.22. The Morgan fingerprint density at radius 3 is 1.74 bits per heavy atom. The van der Waals surface area contributed by atoms with E-state index in [1.807, 2.05) is 60.7 Å². The molecule has 0 amide bonds. The Bertz CT molecular complexity index is 480. The van der Waals surface area contributed by atoms with Crippen molar-refractivity contribution >= 4 is 18.7 Å². The molecule has 0 spiro atoms. The fourth-order valence-corrected chi connectivity index (χ4v) is 5.05. The van der Waals surface area contributed by atoms with Gasteiger partial charge in [0.05, 0.1) is 0 Å². The van der Waals surface area contributed by atoms with Gasteiger partial charge < -0.3 is 4.80 Å². The fourth-order valence-electron chi connectivity index (χ4n) is 2.25. The van der Waals surface area contributed by atoms with Gasteiger partial charge in [-0.15, -0.1) is 0 Å². The summed E-state index contributed by atoms with van der Waals surface area (Å²) in [4.78, 5) is 11.3. The second-order valence-electron chi connectivity index (χ2n) is 4.68. The van der Waals surface area contributed by atoms with Gasteiger partial charge in [-0.1, -0.05) is 79.7 Å². The molecule has 0 heterocycles. The minimum absolute atomic E-state index is 0.731. The molecule has 2 rings (SSSR count). The first kappa shape index (κ1) is 13.8. The molecular weight excluding hydrogens is 248 g/mol. The summed E-state index contributed by atoms with van der Waals surface area (Å²) in [5, 5.41) is 2.14. The van der Waals surface area contributed by atoms with E-state index in [1.165, 1.54) is 0 Å². The minimum Gasteiger partial charge on any atom is -0.424 e. The highest BCUT2D eigenvalue weighted by Crippen LogP contribution is 2.09. The van der Waals surface area contributed by atoms with Crippen LogP contribution in [0.25, 0.3) is 0 Å². The third-order valence-electron chi connectivity index (χ3n) is 3.32. The predicted molar refractivity (Wildman–Crippen MR) is 84.4 cm³/mol. The Balaban J connectivity index is 2.41. The quantitative estimate of drug-likeness (QED) is 0.653. The van der Waals surface area contributed by atoms with Crippen LogP contribution in [-0.2, 0) is 0 Å². The van der Waals surface area contributed by atoms with Gasteiger partial charge in [-0.25, -0.2) is 0 Å². The van der Waals surface area contributed by atoms with Gasteiger partial charge in [-0.2, -0.15) is 0 Å². The minimum atomic E-state index is -2.63. The van der Waals surface area contributed by atoms with Crippen LogP contribution >= 0.6 is 0 Å². The number of hydrogen-bond donors (Lipinski definition) is 1. The van der Waals surface area contributed by atoms with Crippen LogP contribution in [0, 0.1) is 0 Å². The molecule has 0 aliphatic carbocycles. The van der Waals surface area contributed by atoms with Gasteiger partial charge in [0.15, 0.2) is 0 Å². The van der Waals surface area contributed by atoms with Crippen molar-refractivity contribution in [1.82, 2.24) is 0 Å². The van der Waals surface area contributed by atoms with E-state index in [-0.39, 0.29) is 0 Å². The van der Waals surface area contributed by atoms with Crippen LogP contribution in [-0.4, -0.2) is 13.1 Å². The zero-order chi connectivity index (χ0) is 13.6. The lowest BCUT2D eigenvalue weighted by molar-refractivity contribution is 0.570. The van der Waals surface area contributed by atoms with Crippen molar-refractivity contribution in [2.75, 3.05) is 0 Å². The molecule has 0 fully saturated rings. The summed E-state index contributed by atoms with van der Waals surface area (Å²) in [7, 11) is -2.63. The zero-order valence-electron chi connectivity index (χ0n) is 11.3. The second-order valence-corrected chi connectivity index (χ2v) is 7.96. The van der Waals surface area contributed by atoms with E-state index in [0.29, 0.717) is 0 Å². The van der Waals surface area contributed by atoms with Gasteiger partial charge in [0, 0.05) is 0 Å². The topological polar surface area (TPSA) is 20.2 Å². The Kier molecular flexibility index (Phi) is 4.72. The van der Waals surface area contributed by atoms with Crippen LogP contribution in [0.15, 0.2) is 72.8 Å². The van der Waals surface area contributed by atoms with Crippen molar-refractivity contribution in [2.24, 2.45) is 0 Å². The largest absolute Gasteiger partial charge is 0.424 e. The Hall–Kier alpha value is -1.64. The maximum atomic E-state index is 11.3. The molecule has 0 saturated carbocycles. The van der Waals surface area contributed by atoms with Crippen LogP contribution < -0.4 is 10.4 Å². The number of hydrogen-bond acceptors (Lipinski definition) is 1. The first-order chi connectivity index (χ1) is 9.27. The number of benzene rings is 2. The monoisotopic (exact) mass is 268 g/mol. The molecule has 1 nitrogen and oxygen atoms in total. The molecule has 19 heavy (non-hydrogen) atoms. The van der Waals surface area contributed by atoms with Gasteiger partial charge in [-0.3, -0.25) is 0 Å². The highest BCUT2D eigenvalue weighted by atomic mass is 28.4. The molecule has 2 heteroatoms. The van der Waals surface area contributed by atoms with E-state index in [1.54, 1.807) is 0 Å². The second kappa shape index (κ2) is 6.50. The smallest absolute Gasteiger partial charge is 0.256 e. The number of allylic oxidation sites excluding steroid dienone is 2. The Morgan fingerprint density at radius 2 is 1.32 bits per heavy atom. The first-order valence-electron chi connectivity index (χ1n) is 6.76. The average Bonchev–Trinajstić information content (AvgIpc) is 2.49. The molecule has 0 aromatic heterocycles. The molecule has 0 saturated heterocycles. The summed E-state index contributed by atoms with van der Waals surface area (Å²) >= 11 is 0. The lowest BCUT2D eigenvalue weighted by atomic mass is 10.4. The van der Waals surface area contributed by atoms with E-state index in [9.17, 15) is 4.80 Å². The summed E-state index contributed by atoms with van der Waals surface area (Å²) in [6.45, 7) is 2.11. The Labute approximate surface area is 116 Å².